The van der Waals surface area contributed by atoms with Gasteiger partial charge in [-0.1, -0.05) is 41.0 Å². The van der Waals surface area contributed by atoms with Gasteiger partial charge in [0.15, 0.2) is 0 Å². The minimum atomic E-state index is -0.495. The van der Waals surface area contributed by atoms with Crippen LogP contribution < -0.4 is 0 Å². The van der Waals surface area contributed by atoms with Gasteiger partial charge in [0.2, 0.25) is 0 Å². The van der Waals surface area contributed by atoms with Crippen molar-refractivity contribution in [3.63, 3.8) is 0 Å². The van der Waals surface area contributed by atoms with E-state index in [1.54, 1.807) is 36.4 Å². The van der Waals surface area contributed by atoms with Crippen LogP contribution in [0.25, 0.3) is 0 Å². The van der Waals surface area contributed by atoms with Crippen molar-refractivity contribution in [2.24, 2.45) is 5.16 Å². The molecule has 0 atom stereocenters. The summed E-state index contributed by atoms with van der Waals surface area (Å²) in [6.07, 6.45) is 0. The van der Waals surface area contributed by atoms with Crippen LogP contribution in [-0.4, -0.2) is 10.9 Å². The second-order valence-electron chi connectivity index (χ2n) is 3.53. The van der Waals surface area contributed by atoms with Gasteiger partial charge in [0, 0.05) is 11.1 Å². The molecule has 1 N–H and O–H groups in total. The second-order valence-corrected chi connectivity index (χ2v) is 4.79. The number of hydrogen-bond donors (Lipinski definition) is 1. The van der Waals surface area contributed by atoms with Gasteiger partial charge in [0.05, 0.1) is 9.50 Å². The molecule has 2 nitrogen and oxygen atoms in total. The highest BCUT2D eigenvalue weighted by Crippen LogP contribution is 2.24. The van der Waals surface area contributed by atoms with Crippen LogP contribution in [0.4, 0.5) is 4.39 Å². The van der Waals surface area contributed by atoms with Gasteiger partial charge >= 0.3 is 0 Å². The Morgan fingerprint density at radius 2 is 1.78 bits per heavy atom. The van der Waals surface area contributed by atoms with Gasteiger partial charge in [-0.2, -0.15) is 0 Å². The molecule has 2 aromatic carbocycles. The van der Waals surface area contributed by atoms with E-state index in [2.05, 4.69) is 21.1 Å². The van der Waals surface area contributed by atoms with E-state index in [0.29, 0.717) is 15.1 Å². The van der Waals surface area contributed by atoms with Crippen molar-refractivity contribution in [2.45, 2.75) is 0 Å². The Hall–Kier alpha value is -1.39. The van der Waals surface area contributed by atoms with E-state index in [-0.39, 0.29) is 11.3 Å². The molecule has 0 unspecified atom stereocenters. The van der Waals surface area contributed by atoms with Crippen LogP contribution in [0.3, 0.4) is 0 Å². The average molecular weight is 329 g/mol. The Balaban J connectivity index is 2.61. The largest absolute Gasteiger partial charge is 0.410 e. The van der Waals surface area contributed by atoms with Crippen molar-refractivity contribution >= 4 is 33.2 Å². The van der Waals surface area contributed by atoms with Gasteiger partial charge in [-0.25, -0.2) is 4.39 Å². The van der Waals surface area contributed by atoms with E-state index in [4.69, 9.17) is 16.8 Å². The van der Waals surface area contributed by atoms with Crippen LogP contribution in [0, 0.1) is 5.82 Å². The number of benzene rings is 2. The van der Waals surface area contributed by atoms with Gasteiger partial charge in [0.1, 0.15) is 11.5 Å². The van der Waals surface area contributed by atoms with Crippen molar-refractivity contribution in [3.8, 4) is 0 Å². The summed E-state index contributed by atoms with van der Waals surface area (Å²) < 4.78 is 14.3. The fourth-order valence-corrected chi connectivity index (χ4v) is 2.18. The van der Waals surface area contributed by atoms with Crippen molar-refractivity contribution < 1.29 is 9.60 Å². The van der Waals surface area contributed by atoms with E-state index in [0.717, 1.165) is 0 Å². The minimum absolute atomic E-state index is 0.0967. The van der Waals surface area contributed by atoms with Crippen molar-refractivity contribution in [3.05, 3.63) is 68.9 Å². The average Bonchev–Trinajstić information content (AvgIpc) is 2.37. The summed E-state index contributed by atoms with van der Waals surface area (Å²) in [6.45, 7) is 0. The van der Waals surface area contributed by atoms with E-state index in [1.165, 1.54) is 6.07 Å². The highest BCUT2D eigenvalue weighted by molar-refractivity contribution is 9.10. The molecule has 92 valence electrons. The van der Waals surface area contributed by atoms with Gasteiger partial charge in [0.25, 0.3) is 0 Å². The van der Waals surface area contributed by atoms with Crippen LogP contribution in [-0.2, 0) is 0 Å². The summed E-state index contributed by atoms with van der Waals surface area (Å²) in [6, 6.07) is 11.6. The maximum Gasteiger partial charge on any atom is 0.146 e. The molecule has 0 spiro atoms. The molecule has 0 aliphatic heterocycles. The Kier molecular flexibility index (Phi) is 3.99. The molecule has 0 radical (unpaired) electrons. The number of rotatable bonds is 2. The first-order valence-electron chi connectivity index (χ1n) is 5.06. The Bertz CT molecular complexity index is 616. The maximum atomic E-state index is 14.0. The lowest BCUT2D eigenvalue weighted by Crippen LogP contribution is -2.07. The topological polar surface area (TPSA) is 32.6 Å². The number of oxime groups is 1. The monoisotopic (exact) mass is 327 g/mol. The molecule has 0 aliphatic rings. The molecule has 0 amide bonds. The molecule has 0 saturated carbocycles. The standard InChI is InChI=1S/C13H8BrClFNO/c14-10-6-3-5-9(12(10)16)13(17-18)8-4-1-2-7-11(8)15/h1-7,18H. The molecule has 0 saturated heterocycles. The first kappa shape index (κ1) is 13.1. The molecule has 0 aliphatic carbocycles. The minimum Gasteiger partial charge on any atom is -0.410 e. The molecule has 5 heteroatoms. The first-order chi connectivity index (χ1) is 8.65. The van der Waals surface area contributed by atoms with Crippen molar-refractivity contribution in [1.29, 1.82) is 0 Å². The lowest BCUT2D eigenvalue weighted by Gasteiger charge is -2.08. The number of nitrogens with zero attached hydrogens (tertiary/aromatic N) is 1. The van der Waals surface area contributed by atoms with E-state index in [1.807, 2.05) is 0 Å². The van der Waals surface area contributed by atoms with Crippen molar-refractivity contribution in [1.82, 2.24) is 0 Å². The van der Waals surface area contributed by atoms with Crippen molar-refractivity contribution in [2.75, 3.05) is 0 Å². The molecule has 18 heavy (non-hydrogen) atoms. The van der Waals surface area contributed by atoms with E-state index >= 15 is 0 Å². The normalized spacial score (nSPS) is 11.6. The summed E-state index contributed by atoms with van der Waals surface area (Å²) in [4.78, 5) is 0. The zero-order valence-electron chi connectivity index (χ0n) is 9.07. The first-order valence-corrected chi connectivity index (χ1v) is 6.23. The smallest absolute Gasteiger partial charge is 0.146 e. The summed E-state index contributed by atoms with van der Waals surface area (Å²) in [7, 11) is 0. The van der Waals surface area contributed by atoms with Gasteiger partial charge in [-0.3, -0.25) is 0 Å². The number of halogens is 3. The quantitative estimate of drug-likeness (QED) is 0.492. The third-order valence-electron chi connectivity index (χ3n) is 2.44. The third-order valence-corrected chi connectivity index (χ3v) is 3.38. The second kappa shape index (κ2) is 5.50. The van der Waals surface area contributed by atoms with Crippen LogP contribution in [0.5, 0.6) is 0 Å². The summed E-state index contributed by atoms with van der Waals surface area (Å²) in [5.41, 5.74) is 0.748. The predicted molar refractivity (Wildman–Crippen MR) is 73.0 cm³/mol. The molecule has 2 rings (SSSR count). The predicted octanol–water partition coefficient (Wildman–Crippen LogP) is 4.47. The molecule has 0 bridgehead atoms. The number of hydrogen-bond acceptors (Lipinski definition) is 2. The van der Waals surface area contributed by atoms with Gasteiger partial charge in [-0.15, -0.1) is 0 Å². The Morgan fingerprint density at radius 3 is 2.44 bits per heavy atom. The fraction of sp³-hybridized carbons (Fsp3) is 0. The molecule has 0 aromatic heterocycles. The highest BCUT2D eigenvalue weighted by Gasteiger charge is 2.16. The van der Waals surface area contributed by atoms with Crippen LogP contribution in [0.2, 0.25) is 5.02 Å². The summed E-state index contributed by atoms with van der Waals surface area (Å²) in [5, 5.41) is 12.7. The molecule has 2 aromatic rings. The van der Waals surface area contributed by atoms with Crippen LogP contribution in [0.1, 0.15) is 11.1 Å². The SMILES string of the molecule is ON=C(c1ccccc1Cl)c1cccc(Br)c1F. The van der Waals surface area contributed by atoms with Gasteiger partial charge in [-0.05, 0) is 34.1 Å². The Labute approximate surface area is 117 Å². The lowest BCUT2D eigenvalue weighted by molar-refractivity contribution is 0.319. The molecule has 0 heterocycles. The maximum absolute atomic E-state index is 14.0. The zero-order chi connectivity index (χ0) is 13.1. The third kappa shape index (κ3) is 2.40. The highest BCUT2D eigenvalue weighted by atomic mass is 79.9. The van der Waals surface area contributed by atoms with Crippen LogP contribution >= 0.6 is 27.5 Å². The fourth-order valence-electron chi connectivity index (χ4n) is 1.59. The summed E-state index contributed by atoms with van der Waals surface area (Å²) >= 11 is 9.10. The van der Waals surface area contributed by atoms with Gasteiger partial charge < -0.3 is 5.21 Å². The van der Waals surface area contributed by atoms with Crippen LogP contribution in [0.15, 0.2) is 52.1 Å². The molecular formula is C13H8BrClFNO. The lowest BCUT2D eigenvalue weighted by atomic mass is 10.0. The zero-order valence-corrected chi connectivity index (χ0v) is 11.4. The Morgan fingerprint density at radius 1 is 1.11 bits per heavy atom. The molecular weight excluding hydrogens is 321 g/mol. The molecule has 0 fully saturated rings. The van der Waals surface area contributed by atoms with E-state index in [9.17, 15) is 4.39 Å². The summed E-state index contributed by atoms with van der Waals surface area (Å²) in [5.74, 6) is -0.495. The van der Waals surface area contributed by atoms with E-state index < -0.39 is 5.82 Å².